The SMILES string of the molecule is CCCCCCCSc1cc2c3c(cccc3c1)C(=O)N(OS(=O)(=O)C(F)(F)F)C2=O. The largest absolute Gasteiger partial charge is 0.525 e. The summed E-state index contributed by atoms with van der Waals surface area (Å²) in [5, 5.41) is 0.483. The summed E-state index contributed by atoms with van der Waals surface area (Å²) in [5.41, 5.74) is -5.98. The van der Waals surface area contributed by atoms with E-state index in [2.05, 4.69) is 11.2 Å². The molecule has 0 unspecified atom stereocenters. The quantitative estimate of drug-likeness (QED) is 0.212. The Morgan fingerprint density at radius 3 is 2.35 bits per heavy atom. The Labute approximate surface area is 181 Å². The molecule has 1 aliphatic heterocycles. The summed E-state index contributed by atoms with van der Waals surface area (Å²) in [6, 6.07) is 7.73. The summed E-state index contributed by atoms with van der Waals surface area (Å²) in [6.07, 6.45) is 5.45. The Kier molecular flexibility index (Phi) is 6.97. The number of hydrogen-bond acceptors (Lipinski definition) is 6. The lowest BCUT2D eigenvalue weighted by atomic mass is 9.95. The van der Waals surface area contributed by atoms with E-state index in [9.17, 15) is 31.2 Å². The van der Waals surface area contributed by atoms with Crippen LogP contribution in [0.1, 0.15) is 59.7 Å². The number of benzene rings is 2. The van der Waals surface area contributed by atoms with Crippen LogP contribution in [0.25, 0.3) is 10.8 Å². The van der Waals surface area contributed by atoms with Gasteiger partial charge in [-0.05, 0) is 35.8 Å². The van der Waals surface area contributed by atoms with Crippen molar-refractivity contribution in [2.24, 2.45) is 0 Å². The molecule has 0 spiro atoms. The van der Waals surface area contributed by atoms with E-state index in [1.165, 1.54) is 30.0 Å². The van der Waals surface area contributed by atoms with Crippen LogP contribution in [-0.4, -0.2) is 36.6 Å². The van der Waals surface area contributed by atoms with Crippen LogP contribution < -0.4 is 0 Å². The maximum Gasteiger partial charge on any atom is 0.525 e. The molecule has 11 heteroatoms. The van der Waals surface area contributed by atoms with E-state index in [4.69, 9.17) is 0 Å². The molecule has 2 amide bonds. The second-order valence-corrected chi connectivity index (χ2v) is 9.70. The first kappa shape index (κ1) is 23.6. The van der Waals surface area contributed by atoms with Crippen molar-refractivity contribution in [3.8, 4) is 0 Å². The molecular weight excluding hydrogens is 455 g/mol. The van der Waals surface area contributed by atoms with E-state index in [0.29, 0.717) is 10.3 Å². The van der Waals surface area contributed by atoms with E-state index in [1.54, 1.807) is 12.1 Å². The molecule has 0 saturated carbocycles. The summed E-state index contributed by atoms with van der Waals surface area (Å²) >= 11 is 1.48. The van der Waals surface area contributed by atoms with Crippen molar-refractivity contribution in [3.05, 3.63) is 41.5 Å². The topological polar surface area (TPSA) is 80.8 Å². The highest BCUT2D eigenvalue weighted by Crippen LogP contribution is 2.36. The number of rotatable bonds is 9. The summed E-state index contributed by atoms with van der Waals surface area (Å²) in [7, 11) is -6.19. The lowest BCUT2D eigenvalue weighted by Crippen LogP contribution is -2.44. The van der Waals surface area contributed by atoms with Gasteiger partial charge in [-0.25, -0.2) is 0 Å². The number of thioether (sulfide) groups is 1. The van der Waals surface area contributed by atoms with E-state index in [-0.39, 0.29) is 21.6 Å². The highest BCUT2D eigenvalue weighted by atomic mass is 32.2. The molecule has 0 fully saturated rings. The number of imide groups is 1. The van der Waals surface area contributed by atoms with Gasteiger partial charge in [0.25, 0.3) is 11.8 Å². The van der Waals surface area contributed by atoms with Crippen molar-refractivity contribution < 1.29 is 35.5 Å². The lowest BCUT2D eigenvalue weighted by molar-refractivity contribution is -0.0761. The van der Waals surface area contributed by atoms with Crippen LogP contribution in [-0.2, 0) is 14.4 Å². The van der Waals surface area contributed by atoms with Crippen LogP contribution in [0.5, 0.6) is 0 Å². The molecule has 168 valence electrons. The molecule has 0 aromatic heterocycles. The maximum atomic E-state index is 12.8. The molecule has 6 nitrogen and oxygen atoms in total. The highest BCUT2D eigenvalue weighted by Gasteiger charge is 2.51. The Balaban J connectivity index is 1.91. The van der Waals surface area contributed by atoms with E-state index >= 15 is 0 Å². The van der Waals surface area contributed by atoms with Crippen molar-refractivity contribution in [1.82, 2.24) is 5.06 Å². The molecule has 0 atom stereocenters. The molecule has 1 heterocycles. The average molecular weight is 476 g/mol. The minimum atomic E-state index is -6.19. The molecule has 0 aliphatic carbocycles. The van der Waals surface area contributed by atoms with Crippen LogP contribution in [0.4, 0.5) is 13.2 Å². The number of hydrogen-bond donors (Lipinski definition) is 0. The van der Waals surface area contributed by atoms with Gasteiger partial charge in [-0.15, -0.1) is 21.1 Å². The first-order valence-electron chi connectivity index (χ1n) is 9.66. The van der Waals surface area contributed by atoms with Crippen LogP contribution in [0.3, 0.4) is 0 Å². The second kappa shape index (κ2) is 9.17. The fourth-order valence-corrected chi connectivity index (χ4v) is 4.66. The molecule has 0 radical (unpaired) electrons. The summed E-state index contributed by atoms with van der Waals surface area (Å²) in [6.45, 7) is 2.12. The highest BCUT2D eigenvalue weighted by molar-refractivity contribution is 7.99. The van der Waals surface area contributed by atoms with Crippen molar-refractivity contribution in [2.45, 2.75) is 49.4 Å². The van der Waals surface area contributed by atoms with Gasteiger partial charge in [0, 0.05) is 10.3 Å². The molecule has 31 heavy (non-hydrogen) atoms. The van der Waals surface area contributed by atoms with Gasteiger partial charge in [0.05, 0.1) is 11.1 Å². The summed E-state index contributed by atoms with van der Waals surface area (Å²) in [5.74, 6) is -1.75. The van der Waals surface area contributed by atoms with Crippen molar-refractivity contribution in [2.75, 3.05) is 5.75 Å². The monoisotopic (exact) mass is 475 g/mol. The van der Waals surface area contributed by atoms with Crippen molar-refractivity contribution >= 4 is 44.5 Å². The van der Waals surface area contributed by atoms with Gasteiger partial charge in [0.2, 0.25) is 0 Å². The van der Waals surface area contributed by atoms with Gasteiger partial charge < -0.3 is 0 Å². The van der Waals surface area contributed by atoms with Gasteiger partial charge in [-0.3, -0.25) is 9.59 Å². The molecular formula is C20H20F3NO5S2. The van der Waals surface area contributed by atoms with E-state index < -0.39 is 27.4 Å². The Hall–Kier alpha value is -2.11. The number of amides is 2. The molecule has 2 aromatic rings. The summed E-state index contributed by atoms with van der Waals surface area (Å²) in [4.78, 5) is 26.0. The summed E-state index contributed by atoms with van der Waals surface area (Å²) < 4.78 is 64.8. The number of hydroxylamine groups is 2. The Bertz CT molecular complexity index is 1120. The number of carbonyl (C=O) groups excluding carboxylic acids is 2. The first-order chi connectivity index (χ1) is 14.6. The lowest BCUT2D eigenvalue weighted by Gasteiger charge is -2.26. The normalized spacial score (nSPS) is 14.5. The van der Waals surface area contributed by atoms with Crippen LogP contribution in [0, 0.1) is 0 Å². The van der Waals surface area contributed by atoms with Crippen molar-refractivity contribution in [1.29, 1.82) is 0 Å². The second-order valence-electron chi connectivity index (χ2n) is 7.02. The third-order valence-electron chi connectivity index (χ3n) is 4.75. The van der Waals surface area contributed by atoms with Crippen LogP contribution in [0.2, 0.25) is 0 Å². The number of unbranched alkanes of at least 4 members (excludes halogenated alkanes) is 4. The number of halogens is 3. The Morgan fingerprint density at radius 2 is 1.68 bits per heavy atom. The van der Waals surface area contributed by atoms with Crippen LogP contribution >= 0.6 is 11.8 Å². The number of nitrogens with zero attached hydrogens (tertiary/aromatic N) is 1. The Morgan fingerprint density at radius 1 is 1.00 bits per heavy atom. The van der Waals surface area contributed by atoms with Gasteiger partial charge in [-0.1, -0.05) is 44.7 Å². The smallest absolute Gasteiger partial charge is 0.266 e. The van der Waals surface area contributed by atoms with Gasteiger partial charge in [0.15, 0.2) is 0 Å². The fraction of sp³-hybridized carbons (Fsp3) is 0.400. The molecule has 0 saturated heterocycles. The van der Waals surface area contributed by atoms with Gasteiger partial charge in [-0.2, -0.15) is 21.6 Å². The predicted molar refractivity (Wildman–Crippen MR) is 110 cm³/mol. The van der Waals surface area contributed by atoms with Gasteiger partial charge >= 0.3 is 15.6 Å². The van der Waals surface area contributed by atoms with E-state index in [1.807, 2.05) is 0 Å². The third-order valence-corrected chi connectivity index (χ3v) is 6.73. The standard InChI is InChI=1S/C20H20F3NO5S2/c1-2-3-4-5-6-10-30-14-11-13-8-7-9-15-17(13)16(12-14)19(26)24(18(15)25)29-31(27,28)20(21,22)23/h7-9,11-12H,2-6,10H2,1H3. The molecule has 0 N–H and O–H groups in total. The van der Waals surface area contributed by atoms with E-state index in [0.717, 1.165) is 37.9 Å². The molecule has 1 aliphatic rings. The number of carbonyl (C=O) groups is 2. The first-order valence-corrected chi connectivity index (χ1v) is 12.1. The number of alkyl halides is 3. The third kappa shape index (κ3) is 4.88. The zero-order chi connectivity index (χ0) is 22.8. The zero-order valence-corrected chi connectivity index (χ0v) is 18.2. The van der Waals surface area contributed by atoms with Gasteiger partial charge in [0.1, 0.15) is 0 Å². The molecule has 0 bridgehead atoms. The minimum Gasteiger partial charge on any atom is -0.266 e. The average Bonchev–Trinajstić information content (AvgIpc) is 2.70. The fourth-order valence-electron chi connectivity index (χ4n) is 3.25. The zero-order valence-electron chi connectivity index (χ0n) is 16.6. The minimum absolute atomic E-state index is 0.0847. The predicted octanol–water partition coefficient (Wildman–Crippen LogP) is 5.28. The molecule has 2 aromatic carbocycles. The van der Waals surface area contributed by atoms with Crippen LogP contribution in [0.15, 0.2) is 35.2 Å². The van der Waals surface area contributed by atoms with Crippen molar-refractivity contribution in [3.63, 3.8) is 0 Å². The molecule has 3 rings (SSSR count). The maximum absolute atomic E-state index is 12.8.